The highest BCUT2D eigenvalue weighted by molar-refractivity contribution is 8.18. The molecular weight excluding hydrogens is 408 g/mol. The molecule has 1 heterocycles. The minimum absolute atomic E-state index is 0.227. The van der Waals surface area contributed by atoms with Gasteiger partial charge in [-0.2, -0.15) is 0 Å². The summed E-state index contributed by atoms with van der Waals surface area (Å²) in [6, 6.07) is 3.37. The van der Waals surface area contributed by atoms with E-state index in [1.165, 1.54) is 21.3 Å². The van der Waals surface area contributed by atoms with Crippen molar-refractivity contribution in [2.45, 2.75) is 26.7 Å². The topological polar surface area (TPSA) is 85.4 Å². The molecule has 0 aliphatic carbocycles. The molecule has 1 fully saturated rings. The number of ether oxygens (including phenoxy) is 3. The van der Waals surface area contributed by atoms with Gasteiger partial charge in [-0.25, -0.2) is 0 Å². The number of thioether (sulfide) groups is 1. The van der Waals surface area contributed by atoms with Gasteiger partial charge in [0.2, 0.25) is 11.7 Å². The van der Waals surface area contributed by atoms with Crippen molar-refractivity contribution in [3.63, 3.8) is 0 Å². The van der Waals surface area contributed by atoms with E-state index < -0.39 is 11.1 Å². The lowest BCUT2D eigenvalue weighted by Gasteiger charge is -2.23. The summed E-state index contributed by atoms with van der Waals surface area (Å²) < 4.78 is 15.9. The summed E-state index contributed by atoms with van der Waals surface area (Å²) in [6.07, 6.45) is 3.21. The van der Waals surface area contributed by atoms with Crippen molar-refractivity contribution in [1.29, 1.82) is 0 Å². The zero-order valence-corrected chi connectivity index (χ0v) is 18.8. The Morgan fingerprint density at radius 1 is 1.03 bits per heavy atom. The SMILES string of the molecule is CCCN(CCC)C(=O)CN1C(=O)S/C(=C\c2cc(OC)c(OC)c(OC)c2)C1=O. The van der Waals surface area contributed by atoms with E-state index in [-0.39, 0.29) is 17.4 Å². The van der Waals surface area contributed by atoms with Gasteiger partial charge in [-0.1, -0.05) is 13.8 Å². The number of methoxy groups -OCH3 is 3. The van der Waals surface area contributed by atoms with E-state index in [0.717, 1.165) is 29.5 Å². The Kier molecular flexibility index (Phi) is 8.58. The van der Waals surface area contributed by atoms with E-state index >= 15 is 0 Å². The highest BCUT2D eigenvalue weighted by atomic mass is 32.2. The number of amides is 3. The van der Waals surface area contributed by atoms with Gasteiger partial charge in [0.05, 0.1) is 26.2 Å². The summed E-state index contributed by atoms with van der Waals surface area (Å²) in [5.74, 6) is 0.595. The maximum Gasteiger partial charge on any atom is 0.294 e. The molecule has 1 saturated heterocycles. The number of hydrogen-bond acceptors (Lipinski definition) is 7. The summed E-state index contributed by atoms with van der Waals surface area (Å²) >= 11 is 0.809. The second kappa shape index (κ2) is 10.9. The number of hydrogen-bond donors (Lipinski definition) is 0. The van der Waals surface area contributed by atoms with Crippen molar-refractivity contribution in [3.05, 3.63) is 22.6 Å². The van der Waals surface area contributed by atoms with Crippen molar-refractivity contribution in [1.82, 2.24) is 9.80 Å². The summed E-state index contributed by atoms with van der Waals surface area (Å²) in [5.41, 5.74) is 0.611. The normalized spacial score (nSPS) is 15.0. The van der Waals surface area contributed by atoms with Gasteiger partial charge in [-0.3, -0.25) is 19.3 Å². The largest absolute Gasteiger partial charge is 0.493 e. The van der Waals surface area contributed by atoms with Crippen LogP contribution in [-0.2, 0) is 9.59 Å². The second-order valence-electron chi connectivity index (χ2n) is 6.61. The van der Waals surface area contributed by atoms with Gasteiger partial charge in [0.1, 0.15) is 6.54 Å². The van der Waals surface area contributed by atoms with E-state index in [1.54, 1.807) is 23.1 Å². The first-order chi connectivity index (χ1) is 14.4. The highest BCUT2D eigenvalue weighted by Crippen LogP contribution is 2.40. The van der Waals surface area contributed by atoms with Crippen molar-refractivity contribution in [2.75, 3.05) is 41.0 Å². The number of carbonyl (C=O) groups excluding carboxylic acids is 3. The number of imide groups is 1. The van der Waals surface area contributed by atoms with E-state index in [4.69, 9.17) is 14.2 Å². The van der Waals surface area contributed by atoms with Crippen LogP contribution in [0.1, 0.15) is 32.3 Å². The van der Waals surface area contributed by atoms with Crippen LogP contribution in [0.5, 0.6) is 17.2 Å². The minimum Gasteiger partial charge on any atom is -0.493 e. The Bertz CT molecular complexity index is 808. The first-order valence-corrected chi connectivity index (χ1v) is 10.5. The first-order valence-electron chi connectivity index (χ1n) is 9.73. The molecule has 0 aromatic heterocycles. The third kappa shape index (κ3) is 5.27. The van der Waals surface area contributed by atoms with Crippen LogP contribution in [0.3, 0.4) is 0 Å². The zero-order valence-electron chi connectivity index (χ0n) is 18.0. The predicted octanol–water partition coefficient (Wildman–Crippen LogP) is 3.40. The maximum absolute atomic E-state index is 12.8. The molecule has 1 aliphatic rings. The molecule has 0 atom stereocenters. The van der Waals surface area contributed by atoms with Crippen molar-refractivity contribution in [2.24, 2.45) is 0 Å². The van der Waals surface area contributed by atoms with Crippen molar-refractivity contribution < 1.29 is 28.6 Å². The Balaban J connectivity index is 2.25. The highest BCUT2D eigenvalue weighted by Gasteiger charge is 2.37. The fourth-order valence-electron chi connectivity index (χ4n) is 3.11. The lowest BCUT2D eigenvalue weighted by Crippen LogP contribution is -2.42. The molecule has 0 radical (unpaired) electrons. The van der Waals surface area contributed by atoms with E-state index in [1.807, 2.05) is 13.8 Å². The van der Waals surface area contributed by atoms with Crippen molar-refractivity contribution in [3.8, 4) is 17.2 Å². The smallest absolute Gasteiger partial charge is 0.294 e. The maximum atomic E-state index is 12.8. The van der Waals surface area contributed by atoms with Crippen LogP contribution in [-0.4, -0.2) is 67.8 Å². The van der Waals surface area contributed by atoms with Gasteiger partial charge in [-0.15, -0.1) is 0 Å². The van der Waals surface area contributed by atoms with Gasteiger partial charge >= 0.3 is 0 Å². The summed E-state index contributed by atoms with van der Waals surface area (Å²) in [5, 5.41) is -0.458. The molecule has 164 valence electrons. The zero-order chi connectivity index (χ0) is 22.3. The quantitative estimate of drug-likeness (QED) is 0.520. The van der Waals surface area contributed by atoms with Gasteiger partial charge in [-0.05, 0) is 48.4 Å². The van der Waals surface area contributed by atoms with Gasteiger partial charge in [0.25, 0.3) is 11.1 Å². The molecule has 0 spiro atoms. The third-order valence-corrected chi connectivity index (χ3v) is 5.40. The molecule has 1 aromatic carbocycles. The molecule has 1 aliphatic heterocycles. The molecule has 30 heavy (non-hydrogen) atoms. The summed E-state index contributed by atoms with van der Waals surface area (Å²) in [6.45, 7) is 4.91. The molecule has 1 aromatic rings. The lowest BCUT2D eigenvalue weighted by molar-refractivity contribution is -0.135. The van der Waals surface area contributed by atoms with Crippen LogP contribution in [0.4, 0.5) is 4.79 Å². The van der Waals surface area contributed by atoms with Crippen LogP contribution in [0.25, 0.3) is 6.08 Å². The molecule has 0 saturated carbocycles. The molecular formula is C21H28N2O6S. The Morgan fingerprint density at radius 3 is 2.07 bits per heavy atom. The third-order valence-electron chi connectivity index (χ3n) is 4.49. The van der Waals surface area contributed by atoms with Crippen LogP contribution in [0, 0.1) is 0 Å². The average Bonchev–Trinajstić information content (AvgIpc) is 2.99. The van der Waals surface area contributed by atoms with Crippen LogP contribution in [0.15, 0.2) is 17.0 Å². The fourth-order valence-corrected chi connectivity index (χ4v) is 3.95. The molecule has 8 nitrogen and oxygen atoms in total. The molecule has 0 N–H and O–H groups in total. The average molecular weight is 437 g/mol. The number of nitrogens with zero attached hydrogens (tertiary/aromatic N) is 2. The number of carbonyl (C=O) groups is 3. The van der Waals surface area contributed by atoms with Gasteiger partial charge < -0.3 is 19.1 Å². The monoisotopic (exact) mass is 436 g/mol. The molecule has 0 bridgehead atoms. The predicted molar refractivity (Wildman–Crippen MR) is 116 cm³/mol. The Labute approximate surface area is 181 Å². The minimum atomic E-state index is -0.486. The number of benzene rings is 1. The van der Waals surface area contributed by atoms with Gasteiger partial charge in [0, 0.05) is 13.1 Å². The van der Waals surface area contributed by atoms with Crippen LogP contribution >= 0.6 is 11.8 Å². The van der Waals surface area contributed by atoms with Crippen molar-refractivity contribution >= 4 is 34.9 Å². The molecule has 2 rings (SSSR count). The van der Waals surface area contributed by atoms with Crippen LogP contribution < -0.4 is 14.2 Å². The standard InChI is InChI=1S/C21H28N2O6S/c1-6-8-22(9-7-2)18(24)13-23-20(25)17(30-21(23)26)12-14-10-15(27-3)19(29-5)16(11-14)28-4/h10-12H,6-9,13H2,1-5H3/b17-12-. The number of rotatable bonds is 10. The fraction of sp³-hybridized carbons (Fsp3) is 0.476. The molecule has 3 amide bonds. The second-order valence-corrected chi connectivity index (χ2v) is 7.60. The van der Waals surface area contributed by atoms with Crippen LogP contribution in [0.2, 0.25) is 0 Å². The van der Waals surface area contributed by atoms with E-state index in [9.17, 15) is 14.4 Å². The van der Waals surface area contributed by atoms with E-state index in [2.05, 4.69) is 0 Å². The lowest BCUT2D eigenvalue weighted by atomic mass is 10.1. The Morgan fingerprint density at radius 2 is 1.60 bits per heavy atom. The molecule has 9 heteroatoms. The Hall–Kier alpha value is -2.68. The first kappa shape index (κ1) is 23.6. The summed E-state index contributed by atoms with van der Waals surface area (Å²) in [4.78, 5) is 40.7. The molecule has 0 unspecified atom stereocenters. The van der Waals surface area contributed by atoms with E-state index in [0.29, 0.717) is 35.9 Å². The van der Waals surface area contributed by atoms with Gasteiger partial charge in [0.15, 0.2) is 11.5 Å². The summed E-state index contributed by atoms with van der Waals surface area (Å²) in [7, 11) is 4.50.